The molecule has 0 radical (unpaired) electrons. The van der Waals surface area contributed by atoms with Crippen LogP contribution in [0, 0.1) is 0 Å². The van der Waals surface area contributed by atoms with Gasteiger partial charge in [0.1, 0.15) is 11.5 Å². The van der Waals surface area contributed by atoms with E-state index < -0.39 is 0 Å². The molecule has 1 aromatic carbocycles. The van der Waals surface area contributed by atoms with Crippen molar-refractivity contribution in [2.45, 2.75) is 47.0 Å². The van der Waals surface area contributed by atoms with Crippen molar-refractivity contribution in [1.82, 2.24) is 0 Å². The van der Waals surface area contributed by atoms with Gasteiger partial charge in [0.25, 0.3) is 0 Å². The van der Waals surface area contributed by atoms with E-state index in [-0.39, 0.29) is 22.8 Å². The Morgan fingerprint density at radius 2 is 1.76 bits per heavy atom. The number of carbonyl (C=O) groups is 1. The molecule has 0 unspecified atom stereocenters. The van der Waals surface area contributed by atoms with E-state index in [2.05, 4.69) is 19.9 Å². The zero-order valence-electron chi connectivity index (χ0n) is 13.2. The van der Waals surface area contributed by atoms with Crippen molar-refractivity contribution in [2.75, 3.05) is 0 Å². The zero-order chi connectivity index (χ0) is 16.0. The highest BCUT2D eigenvalue weighted by atomic mass is 16.3. The summed E-state index contributed by atoms with van der Waals surface area (Å²) in [6, 6.07) is 2.90. The van der Waals surface area contributed by atoms with Gasteiger partial charge in [0.05, 0.1) is 5.56 Å². The Morgan fingerprint density at radius 3 is 2.33 bits per heavy atom. The van der Waals surface area contributed by atoms with Crippen molar-refractivity contribution in [3.8, 4) is 11.5 Å². The molecule has 0 aliphatic carbocycles. The molecule has 0 spiro atoms. The van der Waals surface area contributed by atoms with Crippen LogP contribution in [0.3, 0.4) is 0 Å². The minimum atomic E-state index is -0.210. The molecule has 0 fully saturated rings. The standard InChI is InChI=1S/C18H24O3/c1-12(2)6-5-7-13(3)8-9-16-17(20)11-10-15(14(4)19)18(16)21/h6,8,10-11,20-21H,5,7,9H2,1-4H3. The molecule has 3 heteroatoms. The van der Waals surface area contributed by atoms with E-state index in [0.717, 1.165) is 12.8 Å². The first-order valence-electron chi connectivity index (χ1n) is 7.16. The third kappa shape index (κ3) is 5.10. The van der Waals surface area contributed by atoms with Gasteiger partial charge in [0.2, 0.25) is 0 Å². The van der Waals surface area contributed by atoms with Crippen LogP contribution in [-0.2, 0) is 6.42 Å². The highest BCUT2D eigenvalue weighted by Gasteiger charge is 2.14. The second-order valence-electron chi connectivity index (χ2n) is 5.59. The molecule has 0 bridgehead atoms. The van der Waals surface area contributed by atoms with Gasteiger partial charge in [-0.25, -0.2) is 0 Å². The summed E-state index contributed by atoms with van der Waals surface area (Å²) in [6.07, 6.45) is 6.51. The van der Waals surface area contributed by atoms with Gasteiger partial charge in [-0.15, -0.1) is 0 Å². The molecule has 21 heavy (non-hydrogen) atoms. The van der Waals surface area contributed by atoms with Crippen LogP contribution in [0.25, 0.3) is 0 Å². The first-order valence-corrected chi connectivity index (χ1v) is 7.16. The largest absolute Gasteiger partial charge is 0.508 e. The fourth-order valence-electron chi connectivity index (χ4n) is 2.08. The van der Waals surface area contributed by atoms with Crippen molar-refractivity contribution < 1.29 is 15.0 Å². The van der Waals surface area contributed by atoms with Gasteiger partial charge in [-0.3, -0.25) is 4.79 Å². The molecule has 2 N–H and O–H groups in total. The number of aromatic hydroxyl groups is 2. The number of Topliss-reactive ketones (excluding diaryl/α,β-unsaturated/α-hetero) is 1. The Kier molecular flexibility index (Phi) is 6.22. The fourth-order valence-corrected chi connectivity index (χ4v) is 2.08. The number of rotatable bonds is 6. The summed E-state index contributed by atoms with van der Waals surface area (Å²) in [5.41, 5.74) is 3.15. The van der Waals surface area contributed by atoms with Crippen molar-refractivity contribution in [3.05, 3.63) is 46.6 Å². The van der Waals surface area contributed by atoms with Crippen molar-refractivity contribution in [1.29, 1.82) is 0 Å². The number of phenols is 2. The molecule has 0 saturated carbocycles. The summed E-state index contributed by atoms with van der Waals surface area (Å²) in [6.45, 7) is 7.57. The fraction of sp³-hybridized carbons (Fsp3) is 0.389. The van der Waals surface area contributed by atoms with Gasteiger partial charge in [-0.1, -0.05) is 23.3 Å². The molecule has 0 amide bonds. The van der Waals surface area contributed by atoms with Gasteiger partial charge < -0.3 is 10.2 Å². The number of hydrogen-bond donors (Lipinski definition) is 2. The number of ketones is 1. The van der Waals surface area contributed by atoms with E-state index in [4.69, 9.17) is 0 Å². The Balaban J connectivity index is 2.85. The van der Waals surface area contributed by atoms with E-state index in [1.807, 2.05) is 13.0 Å². The van der Waals surface area contributed by atoms with Gasteiger partial charge in [0.15, 0.2) is 5.78 Å². The molecule has 1 aromatic rings. The third-order valence-electron chi connectivity index (χ3n) is 3.38. The molecule has 0 aromatic heterocycles. The van der Waals surface area contributed by atoms with E-state index in [9.17, 15) is 15.0 Å². The zero-order valence-corrected chi connectivity index (χ0v) is 13.2. The van der Waals surface area contributed by atoms with E-state index >= 15 is 0 Å². The summed E-state index contributed by atoms with van der Waals surface area (Å²) >= 11 is 0. The third-order valence-corrected chi connectivity index (χ3v) is 3.38. The Bertz CT molecular complexity index is 576. The number of allylic oxidation sites excluding steroid dienone is 4. The van der Waals surface area contributed by atoms with Crippen molar-refractivity contribution >= 4 is 5.78 Å². The second kappa shape index (κ2) is 7.67. The molecule has 0 saturated heterocycles. The smallest absolute Gasteiger partial charge is 0.163 e. The highest BCUT2D eigenvalue weighted by Crippen LogP contribution is 2.31. The average Bonchev–Trinajstić information content (AvgIpc) is 2.37. The SMILES string of the molecule is CC(=O)c1ccc(O)c(CC=C(C)CCC=C(C)C)c1O. The predicted molar refractivity (Wildman–Crippen MR) is 85.9 cm³/mol. The monoisotopic (exact) mass is 288 g/mol. The molecule has 3 nitrogen and oxygen atoms in total. The molecule has 0 heterocycles. The van der Waals surface area contributed by atoms with Gasteiger partial charge >= 0.3 is 0 Å². The van der Waals surface area contributed by atoms with Crippen LogP contribution >= 0.6 is 0 Å². The van der Waals surface area contributed by atoms with E-state index in [0.29, 0.717) is 12.0 Å². The molecule has 1 rings (SSSR count). The molecule has 0 aliphatic heterocycles. The lowest BCUT2D eigenvalue weighted by Gasteiger charge is -2.09. The quantitative estimate of drug-likeness (QED) is 0.597. The van der Waals surface area contributed by atoms with E-state index in [1.165, 1.54) is 30.2 Å². The van der Waals surface area contributed by atoms with Crippen LogP contribution in [0.2, 0.25) is 0 Å². The summed E-state index contributed by atoms with van der Waals surface area (Å²) in [7, 11) is 0. The summed E-state index contributed by atoms with van der Waals surface area (Å²) in [5, 5.41) is 19.9. The lowest BCUT2D eigenvalue weighted by molar-refractivity contribution is 0.101. The number of phenolic OH excluding ortho intramolecular Hbond substituents is 2. The summed E-state index contributed by atoms with van der Waals surface area (Å²) in [4.78, 5) is 11.4. The van der Waals surface area contributed by atoms with Crippen LogP contribution in [0.1, 0.15) is 56.5 Å². The van der Waals surface area contributed by atoms with Gasteiger partial charge in [-0.05, 0) is 59.1 Å². The Labute approximate surface area is 126 Å². The molecular formula is C18H24O3. The summed E-state index contributed by atoms with van der Waals surface area (Å²) < 4.78 is 0. The predicted octanol–water partition coefficient (Wildman–Crippen LogP) is 4.54. The Hall–Kier alpha value is -2.03. The molecule has 0 aliphatic rings. The van der Waals surface area contributed by atoms with Crippen LogP contribution < -0.4 is 0 Å². The summed E-state index contributed by atoms with van der Waals surface area (Å²) in [5.74, 6) is -0.306. The lowest BCUT2D eigenvalue weighted by atomic mass is 10.0. The normalized spacial score (nSPS) is 11.3. The Morgan fingerprint density at radius 1 is 1.10 bits per heavy atom. The average molecular weight is 288 g/mol. The number of hydrogen-bond acceptors (Lipinski definition) is 3. The molecular weight excluding hydrogens is 264 g/mol. The maximum Gasteiger partial charge on any atom is 0.163 e. The lowest BCUT2D eigenvalue weighted by Crippen LogP contribution is -1.96. The van der Waals surface area contributed by atoms with Crippen LogP contribution in [0.15, 0.2) is 35.4 Å². The van der Waals surface area contributed by atoms with Crippen LogP contribution in [0.5, 0.6) is 11.5 Å². The topological polar surface area (TPSA) is 57.5 Å². The van der Waals surface area contributed by atoms with Crippen LogP contribution in [0.4, 0.5) is 0 Å². The second-order valence-corrected chi connectivity index (χ2v) is 5.59. The molecule has 114 valence electrons. The maximum atomic E-state index is 11.4. The minimum absolute atomic E-state index is 0.0193. The minimum Gasteiger partial charge on any atom is -0.508 e. The van der Waals surface area contributed by atoms with Gasteiger partial charge in [-0.2, -0.15) is 0 Å². The van der Waals surface area contributed by atoms with Gasteiger partial charge in [0, 0.05) is 5.56 Å². The maximum absolute atomic E-state index is 11.4. The number of benzene rings is 1. The first-order chi connectivity index (χ1) is 9.82. The highest BCUT2D eigenvalue weighted by molar-refractivity contribution is 5.97. The molecule has 0 atom stereocenters. The van der Waals surface area contributed by atoms with E-state index in [1.54, 1.807) is 0 Å². The number of carbonyl (C=O) groups excluding carboxylic acids is 1. The van der Waals surface area contributed by atoms with Crippen LogP contribution in [-0.4, -0.2) is 16.0 Å². The van der Waals surface area contributed by atoms with Crippen molar-refractivity contribution in [3.63, 3.8) is 0 Å². The first kappa shape index (κ1) is 17.0. The van der Waals surface area contributed by atoms with Crippen molar-refractivity contribution in [2.24, 2.45) is 0 Å².